The van der Waals surface area contributed by atoms with Gasteiger partial charge in [0.1, 0.15) is 0 Å². The SMILES string of the molecule is CC.CC.CC1CC2(CCC2)NC1=O. The number of nitrogens with one attached hydrogen (secondary N) is 1. The van der Waals surface area contributed by atoms with Crippen LogP contribution in [0.15, 0.2) is 0 Å². The molecule has 84 valence electrons. The van der Waals surface area contributed by atoms with Crippen LogP contribution in [0, 0.1) is 5.92 Å². The van der Waals surface area contributed by atoms with Crippen LogP contribution in [0.5, 0.6) is 0 Å². The molecule has 1 atom stereocenters. The molecule has 1 N–H and O–H groups in total. The van der Waals surface area contributed by atoms with Gasteiger partial charge in [-0.25, -0.2) is 0 Å². The maximum absolute atomic E-state index is 11.1. The minimum absolute atomic E-state index is 0.260. The normalized spacial score (nSPS) is 26.4. The third kappa shape index (κ3) is 2.73. The van der Waals surface area contributed by atoms with Crippen LogP contribution in [0.3, 0.4) is 0 Å². The predicted octanol–water partition coefficient (Wildman–Crippen LogP) is 3.12. The van der Waals surface area contributed by atoms with Crippen molar-refractivity contribution < 1.29 is 4.79 Å². The monoisotopic (exact) mass is 199 g/mol. The third-order valence-corrected chi connectivity index (χ3v) is 2.84. The fraction of sp³-hybridized carbons (Fsp3) is 0.917. The Kier molecular flexibility index (Phi) is 5.82. The Labute approximate surface area is 88.5 Å². The van der Waals surface area contributed by atoms with E-state index in [2.05, 4.69) is 5.32 Å². The van der Waals surface area contributed by atoms with Crippen molar-refractivity contribution in [2.45, 2.75) is 65.8 Å². The molecular weight excluding hydrogens is 174 g/mol. The maximum atomic E-state index is 11.1. The van der Waals surface area contributed by atoms with Crippen molar-refractivity contribution in [2.75, 3.05) is 0 Å². The van der Waals surface area contributed by atoms with Gasteiger partial charge in [0, 0.05) is 11.5 Å². The molecule has 2 fully saturated rings. The first kappa shape index (κ1) is 13.5. The first-order valence-corrected chi connectivity index (χ1v) is 6.04. The summed E-state index contributed by atoms with van der Waals surface area (Å²) in [5.41, 5.74) is 0.260. The molecule has 0 aromatic carbocycles. The molecule has 1 heterocycles. The summed E-state index contributed by atoms with van der Waals surface area (Å²) >= 11 is 0. The van der Waals surface area contributed by atoms with Crippen molar-refractivity contribution in [3.05, 3.63) is 0 Å². The second-order valence-corrected chi connectivity index (χ2v) is 3.73. The van der Waals surface area contributed by atoms with Crippen LogP contribution in [0.4, 0.5) is 0 Å². The summed E-state index contributed by atoms with van der Waals surface area (Å²) in [6.07, 6.45) is 4.80. The average Bonchev–Trinajstić information content (AvgIpc) is 2.50. The number of hydrogen-bond donors (Lipinski definition) is 1. The van der Waals surface area contributed by atoms with Crippen LogP contribution in [0.25, 0.3) is 0 Å². The Morgan fingerprint density at radius 1 is 1.21 bits per heavy atom. The number of carbonyl (C=O) groups is 1. The van der Waals surface area contributed by atoms with Crippen molar-refractivity contribution in [3.8, 4) is 0 Å². The molecule has 1 saturated heterocycles. The lowest BCUT2D eigenvalue weighted by molar-refractivity contribution is -0.122. The molecule has 2 nitrogen and oxygen atoms in total. The zero-order chi connectivity index (χ0) is 11.2. The average molecular weight is 199 g/mol. The first-order valence-electron chi connectivity index (χ1n) is 6.04. The smallest absolute Gasteiger partial charge is 0.223 e. The molecule has 0 aromatic heterocycles. The number of carbonyl (C=O) groups excluding carboxylic acids is 1. The summed E-state index contributed by atoms with van der Waals surface area (Å²) < 4.78 is 0. The van der Waals surface area contributed by atoms with Crippen LogP contribution in [0.1, 0.15) is 60.3 Å². The van der Waals surface area contributed by atoms with Gasteiger partial charge in [0.15, 0.2) is 0 Å². The lowest BCUT2D eigenvalue weighted by Crippen LogP contribution is -2.47. The lowest BCUT2D eigenvalue weighted by Gasteiger charge is -2.38. The largest absolute Gasteiger partial charge is 0.350 e. The number of rotatable bonds is 0. The summed E-state index contributed by atoms with van der Waals surface area (Å²) in [6, 6.07) is 0. The molecule has 0 radical (unpaired) electrons. The third-order valence-electron chi connectivity index (χ3n) is 2.84. The second kappa shape index (κ2) is 6.05. The Morgan fingerprint density at radius 3 is 1.86 bits per heavy atom. The summed E-state index contributed by atoms with van der Waals surface area (Å²) in [7, 11) is 0. The molecule has 2 rings (SSSR count). The quantitative estimate of drug-likeness (QED) is 0.638. The van der Waals surface area contributed by atoms with Crippen molar-refractivity contribution in [1.29, 1.82) is 0 Å². The van der Waals surface area contributed by atoms with E-state index in [1.165, 1.54) is 19.3 Å². The molecule has 1 spiro atoms. The van der Waals surface area contributed by atoms with Crippen LogP contribution in [-0.4, -0.2) is 11.4 Å². The molecular formula is C12H25NO. The van der Waals surface area contributed by atoms with Gasteiger partial charge in [0.05, 0.1) is 0 Å². The molecule has 2 aliphatic rings. The molecule has 1 aliphatic carbocycles. The van der Waals surface area contributed by atoms with Crippen molar-refractivity contribution >= 4 is 5.91 Å². The van der Waals surface area contributed by atoms with E-state index in [4.69, 9.17) is 0 Å². The van der Waals surface area contributed by atoms with Crippen LogP contribution < -0.4 is 5.32 Å². The number of amides is 1. The Morgan fingerprint density at radius 2 is 1.71 bits per heavy atom. The molecule has 1 saturated carbocycles. The van der Waals surface area contributed by atoms with E-state index in [1.54, 1.807) is 0 Å². The Bertz CT molecular complexity index is 173. The maximum Gasteiger partial charge on any atom is 0.223 e. The minimum atomic E-state index is 0.260. The molecule has 0 bridgehead atoms. The van der Waals surface area contributed by atoms with Gasteiger partial charge in [0.25, 0.3) is 0 Å². The lowest BCUT2D eigenvalue weighted by atomic mass is 9.75. The van der Waals surface area contributed by atoms with E-state index in [1.807, 2.05) is 34.6 Å². The highest BCUT2D eigenvalue weighted by molar-refractivity contribution is 5.82. The van der Waals surface area contributed by atoms with Crippen molar-refractivity contribution in [2.24, 2.45) is 5.92 Å². The second-order valence-electron chi connectivity index (χ2n) is 3.73. The van der Waals surface area contributed by atoms with Gasteiger partial charge in [-0.2, -0.15) is 0 Å². The fourth-order valence-corrected chi connectivity index (χ4v) is 2.05. The highest BCUT2D eigenvalue weighted by Gasteiger charge is 2.45. The molecule has 0 aromatic rings. The van der Waals surface area contributed by atoms with E-state index >= 15 is 0 Å². The molecule has 2 heteroatoms. The zero-order valence-electron chi connectivity index (χ0n) is 10.3. The zero-order valence-corrected chi connectivity index (χ0v) is 10.3. The Hall–Kier alpha value is -0.530. The van der Waals surface area contributed by atoms with Gasteiger partial charge < -0.3 is 5.32 Å². The summed E-state index contributed by atoms with van der Waals surface area (Å²) in [5, 5.41) is 3.08. The van der Waals surface area contributed by atoms with Crippen LogP contribution >= 0.6 is 0 Å². The van der Waals surface area contributed by atoms with E-state index in [9.17, 15) is 4.79 Å². The fourth-order valence-electron chi connectivity index (χ4n) is 2.05. The highest BCUT2D eigenvalue weighted by Crippen LogP contribution is 2.41. The summed E-state index contributed by atoms with van der Waals surface area (Å²) in [6.45, 7) is 10.0. The van der Waals surface area contributed by atoms with Crippen molar-refractivity contribution in [1.82, 2.24) is 5.32 Å². The highest BCUT2D eigenvalue weighted by atomic mass is 16.2. The topological polar surface area (TPSA) is 29.1 Å². The van der Waals surface area contributed by atoms with E-state index in [-0.39, 0.29) is 17.4 Å². The summed E-state index contributed by atoms with van der Waals surface area (Å²) in [4.78, 5) is 11.1. The molecule has 1 unspecified atom stereocenters. The first-order chi connectivity index (χ1) is 6.72. The standard InChI is InChI=1S/C8H13NO.2C2H6/c1-6-5-8(3-2-4-8)9-7(6)10;2*1-2/h6H,2-5H2,1H3,(H,9,10);2*1-2H3. The minimum Gasteiger partial charge on any atom is -0.350 e. The van der Waals surface area contributed by atoms with Gasteiger partial charge in [0.2, 0.25) is 5.91 Å². The van der Waals surface area contributed by atoms with E-state index in [0.717, 1.165) is 6.42 Å². The predicted molar refractivity (Wildman–Crippen MR) is 61.2 cm³/mol. The van der Waals surface area contributed by atoms with Crippen LogP contribution in [-0.2, 0) is 4.79 Å². The molecule has 14 heavy (non-hydrogen) atoms. The molecule has 1 aliphatic heterocycles. The van der Waals surface area contributed by atoms with Gasteiger partial charge in [-0.05, 0) is 25.7 Å². The van der Waals surface area contributed by atoms with Gasteiger partial charge in [-0.15, -0.1) is 0 Å². The van der Waals surface area contributed by atoms with Gasteiger partial charge >= 0.3 is 0 Å². The van der Waals surface area contributed by atoms with Gasteiger partial charge in [-0.1, -0.05) is 34.6 Å². The number of hydrogen-bond acceptors (Lipinski definition) is 1. The van der Waals surface area contributed by atoms with Crippen molar-refractivity contribution in [3.63, 3.8) is 0 Å². The Balaban J connectivity index is 0.000000379. The summed E-state index contributed by atoms with van der Waals surface area (Å²) in [5.74, 6) is 0.528. The van der Waals surface area contributed by atoms with Gasteiger partial charge in [-0.3, -0.25) is 4.79 Å². The van der Waals surface area contributed by atoms with Crippen LogP contribution in [0.2, 0.25) is 0 Å². The van der Waals surface area contributed by atoms with E-state index in [0.29, 0.717) is 0 Å². The molecule has 1 amide bonds. The van der Waals surface area contributed by atoms with E-state index < -0.39 is 0 Å².